The van der Waals surface area contributed by atoms with Crippen molar-refractivity contribution < 1.29 is 4.74 Å². The van der Waals surface area contributed by atoms with Gasteiger partial charge in [-0.05, 0) is 92.8 Å². The van der Waals surface area contributed by atoms with Crippen molar-refractivity contribution in [2.45, 2.75) is 89.3 Å². The van der Waals surface area contributed by atoms with Gasteiger partial charge >= 0.3 is 0 Å². The predicted molar refractivity (Wildman–Crippen MR) is 137 cm³/mol. The molecule has 0 radical (unpaired) electrons. The molecule has 4 nitrogen and oxygen atoms in total. The zero-order chi connectivity index (χ0) is 22.8. The van der Waals surface area contributed by atoms with E-state index in [2.05, 4.69) is 53.2 Å². The van der Waals surface area contributed by atoms with Crippen LogP contribution in [0.25, 0.3) is 0 Å². The van der Waals surface area contributed by atoms with Crippen LogP contribution < -0.4 is 5.32 Å². The second-order valence-corrected chi connectivity index (χ2v) is 12.0. The summed E-state index contributed by atoms with van der Waals surface area (Å²) in [6, 6.07) is 10.7. The van der Waals surface area contributed by atoms with Gasteiger partial charge in [-0.15, -0.1) is 0 Å². The first-order valence-corrected chi connectivity index (χ1v) is 13.9. The number of nitrogens with zero attached hydrogens (tertiary/aromatic N) is 2. The lowest BCUT2D eigenvalue weighted by molar-refractivity contribution is -0.0667. The van der Waals surface area contributed by atoms with Crippen LogP contribution in [0.4, 0.5) is 0 Å². The molecule has 4 heteroatoms. The minimum atomic E-state index is 0.504. The Morgan fingerprint density at radius 1 is 1.03 bits per heavy atom. The molecule has 2 saturated heterocycles. The van der Waals surface area contributed by atoms with Crippen LogP contribution in [-0.2, 0) is 4.74 Å². The average Bonchev–Trinajstić information content (AvgIpc) is 2.83. The van der Waals surface area contributed by atoms with Crippen LogP contribution >= 0.6 is 0 Å². The fourth-order valence-electron chi connectivity index (χ4n) is 7.53. The summed E-state index contributed by atoms with van der Waals surface area (Å²) in [4.78, 5) is 5.75. The smallest absolute Gasteiger partial charge is 0.0571 e. The summed E-state index contributed by atoms with van der Waals surface area (Å²) in [6.07, 6.45) is 11.3. The Hall–Kier alpha value is -0.940. The van der Waals surface area contributed by atoms with Crippen LogP contribution in [0, 0.1) is 11.3 Å². The summed E-state index contributed by atoms with van der Waals surface area (Å²) in [7, 11) is 1.88. The molecule has 2 aliphatic heterocycles. The van der Waals surface area contributed by atoms with Crippen molar-refractivity contribution in [1.29, 1.82) is 0 Å². The second kappa shape index (κ2) is 10.4. The molecule has 4 fully saturated rings. The van der Waals surface area contributed by atoms with E-state index in [1.54, 1.807) is 11.1 Å². The zero-order valence-corrected chi connectivity index (χ0v) is 21.4. The van der Waals surface area contributed by atoms with E-state index in [0.29, 0.717) is 23.5 Å². The number of rotatable bonds is 6. The van der Waals surface area contributed by atoms with E-state index in [1.807, 2.05) is 7.11 Å². The third-order valence-electron chi connectivity index (χ3n) is 9.60. The van der Waals surface area contributed by atoms with Gasteiger partial charge in [0.1, 0.15) is 0 Å². The molecule has 1 atom stereocenters. The molecule has 0 aromatic heterocycles. The zero-order valence-electron chi connectivity index (χ0n) is 21.4. The monoisotopic (exact) mass is 453 g/mol. The summed E-state index contributed by atoms with van der Waals surface area (Å²) >= 11 is 0. The number of hydrogen-bond donors (Lipinski definition) is 1. The van der Waals surface area contributed by atoms with E-state index in [9.17, 15) is 0 Å². The Bertz CT molecular complexity index is 758. The van der Waals surface area contributed by atoms with Crippen molar-refractivity contribution >= 4 is 0 Å². The highest BCUT2D eigenvalue weighted by molar-refractivity contribution is 5.33. The third-order valence-corrected chi connectivity index (χ3v) is 9.60. The Labute approximate surface area is 202 Å². The third kappa shape index (κ3) is 5.19. The summed E-state index contributed by atoms with van der Waals surface area (Å²) < 4.78 is 5.62. The van der Waals surface area contributed by atoms with Gasteiger partial charge in [-0.25, -0.2) is 0 Å². The molecule has 2 aliphatic carbocycles. The van der Waals surface area contributed by atoms with Gasteiger partial charge in [0.15, 0.2) is 0 Å². The normalized spacial score (nSPS) is 31.7. The van der Waals surface area contributed by atoms with Gasteiger partial charge in [0.25, 0.3) is 0 Å². The lowest BCUT2D eigenvalue weighted by Gasteiger charge is -2.57. The van der Waals surface area contributed by atoms with Gasteiger partial charge in [-0.1, -0.05) is 38.1 Å². The number of methoxy groups -OCH3 is 1. The van der Waals surface area contributed by atoms with Crippen LogP contribution in [0.5, 0.6) is 0 Å². The first-order valence-electron chi connectivity index (χ1n) is 13.9. The Morgan fingerprint density at radius 2 is 1.76 bits per heavy atom. The highest BCUT2D eigenvalue weighted by Crippen LogP contribution is 2.52. The summed E-state index contributed by atoms with van der Waals surface area (Å²) in [5.41, 5.74) is 3.81. The molecule has 5 rings (SSSR count). The Morgan fingerprint density at radius 3 is 2.45 bits per heavy atom. The number of benzene rings is 1. The minimum absolute atomic E-state index is 0.504. The van der Waals surface area contributed by atoms with Gasteiger partial charge in [0.05, 0.1) is 6.10 Å². The van der Waals surface area contributed by atoms with Crippen LogP contribution in [-0.4, -0.2) is 68.3 Å². The van der Waals surface area contributed by atoms with Crippen LogP contribution in [0.15, 0.2) is 24.3 Å². The molecule has 33 heavy (non-hydrogen) atoms. The maximum Gasteiger partial charge on any atom is 0.0571 e. The van der Waals surface area contributed by atoms with E-state index in [4.69, 9.17) is 4.74 Å². The fourth-order valence-corrected chi connectivity index (χ4v) is 7.53. The molecular weight excluding hydrogens is 406 g/mol. The summed E-state index contributed by atoms with van der Waals surface area (Å²) in [5, 5.41) is 3.58. The van der Waals surface area contributed by atoms with Crippen molar-refractivity contribution in [2.24, 2.45) is 11.3 Å². The van der Waals surface area contributed by atoms with E-state index in [-0.39, 0.29) is 0 Å². The minimum Gasteiger partial charge on any atom is -0.381 e. The number of ether oxygens (including phenoxy) is 1. The molecule has 4 aliphatic rings. The first kappa shape index (κ1) is 23.8. The van der Waals surface area contributed by atoms with Gasteiger partial charge in [0.2, 0.25) is 0 Å². The average molecular weight is 454 g/mol. The SMILES string of the molecule is COC1CCC(CN2CCN(C3CC4(CCNCC4)C3)C(c3ccccc3C(C)C)C2)CC1. The molecule has 2 heterocycles. The summed E-state index contributed by atoms with van der Waals surface area (Å²) in [6.45, 7) is 12.2. The highest BCUT2D eigenvalue weighted by atomic mass is 16.5. The molecule has 1 N–H and O–H groups in total. The van der Waals surface area contributed by atoms with E-state index in [1.165, 1.54) is 90.6 Å². The van der Waals surface area contributed by atoms with Crippen molar-refractivity contribution in [2.75, 3.05) is 46.4 Å². The second-order valence-electron chi connectivity index (χ2n) is 12.0. The van der Waals surface area contributed by atoms with Gasteiger partial charge < -0.3 is 10.1 Å². The van der Waals surface area contributed by atoms with Crippen LogP contribution in [0.3, 0.4) is 0 Å². The molecule has 184 valence electrons. The maximum absolute atomic E-state index is 5.62. The Balaban J connectivity index is 1.30. The van der Waals surface area contributed by atoms with Gasteiger partial charge in [-0.3, -0.25) is 9.80 Å². The Kier molecular flexibility index (Phi) is 7.46. The fraction of sp³-hybridized carbons (Fsp3) is 0.793. The summed E-state index contributed by atoms with van der Waals surface area (Å²) in [5.74, 6) is 1.44. The van der Waals surface area contributed by atoms with E-state index in [0.717, 1.165) is 12.0 Å². The van der Waals surface area contributed by atoms with Crippen molar-refractivity contribution in [3.8, 4) is 0 Å². The molecule has 1 spiro atoms. The molecule has 1 aromatic carbocycles. The first-order chi connectivity index (χ1) is 16.1. The van der Waals surface area contributed by atoms with E-state index < -0.39 is 0 Å². The molecule has 0 bridgehead atoms. The quantitative estimate of drug-likeness (QED) is 0.640. The van der Waals surface area contributed by atoms with Gasteiger partial charge in [-0.2, -0.15) is 0 Å². The number of piperidine rings is 1. The van der Waals surface area contributed by atoms with Crippen molar-refractivity contribution in [1.82, 2.24) is 15.1 Å². The number of nitrogens with one attached hydrogen (secondary N) is 1. The molecule has 1 unspecified atom stereocenters. The van der Waals surface area contributed by atoms with Crippen molar-refractivity contribution in [3.05, 3.63) is 35.4 Å². The van der Waals surface area contributed by atoms with Crippen LogP contribution in [0.1, 0.15) is 88.3 Å². The van der Waals surface area contributed by atoms with Crippen molar-refractivity contribution in [3.63, 3.8) is 0 Å². The molecule has 2 saturated carbocycles. The topological polar surface area (TPSA) is 27.7 Å². The molecule has 1 aromatic rings. The maximum atomic E-state index is 5.62. The highest BCUT2D eigenvalue weighted by Gasteiger charge is 2.49. The molecule has 0 amide bonds. The largest absolute Gasteiger partial charge is 0.381 e. The van der Waals surface area contributed by atoms with Crippen LogP contribution in [0.2, 0.25) is 0 Å². The number of hydrogen-bond acceptors (Lipinski definition) is 4. The predicted octanol–water partition coefficient (Wildman–Crippen LogP) is 5.21. The van der Waals surface area contributed by atoms with Gasteiger partial charge in [0, 0.05) is 45.4 Å². The lowest BCUT2D eigenvalue weighted by atomic mass is 9.60. The number of piperazine rings is 1. The molecular formula is C29H47N3O. The lowest BCUT2D eigenvalue weighted by Crippen LogP contribution is -2.60. The standard InChI is InChI=1S/C29H47N3O/c1-22(2)26-6-4-5-7-27(26)28-21-31(20-23-8-10-25(33-3)11-9-23)16-17-32(28)24-18-29(19-24)12-14-30-15-13-29/h4-7,22-25,28,30H,8-21H2,1-3H3. The van der Waals surface area contributed by atoms with E-state index >= 15 is 0 Å².